The molecule has 1 saturated heterocycles. The van der Waals surface area contributed by atoms with Crippen LogP contribution in [-0.2, 0) is 4.79 Å². The van der Waals surface area contributed by atoms with Gasteiger partial charge in [0.1, 0.15) is 5.75 Å². The van der Waals surface area contributed by atoms with Gasteiger partial charge in [0.25, 0.3) is 5.91 Å². The molecule has 0 N–H and O–H groups in total. The third-order valence-electron chi connectivity index (χ3n) is 4.71. The van der Waals surface area contributed by atoms with Crippen molar-refractivity contribution >= 4 is 63.1 Å². The van der Waals surface area contributed by atoms with Gasteiger partial charge in [-0.2, -0.15) is 0 Å². The summed E-state index contributed by atoms with van der Waals surface area (Å²) in [4.78, 5) is 15.3. The van der Waals surface area contributed by atoms with E-state index in [1.165, 1.54) is 11.8 Å². The molecule has 0 aromatic heterocycles. The average molecular weight is 464 g/mol. The molecule has 3 aromatic carbocycles. The van der Waals surface area contributed by atoms with Gasteiger partial charge in [0.2, 0.25) is 0 Å². The number of carbonyl (C=O) groups excluding carboxylic acids is 1. The Morgan fingerprint density at radius 1 is 1.00 bits per heavy atom. The van der Waals surface area contributed by atoms with Gasteiger partial charge in [-0.15, -0.1) is 0 Å². The van der Waals surface area contributed by atoms with E-state index in [4.69, 9.17) is 28.6 Å². The van der Waals surface area contributed by atoms with Gasteiger partial charge in [-0.3, -0.25) is 9.69 Å². The summed E-state index contributed by atoms with van der Waals surface area (Å²) in [5, 5.41) is 0.661. The minimum absolute atomic E-state index is 0.145. The van der Waals surface area contributed by atoms with Crippen molar-refractivity contribution in [3.63, 3.8) is 0 Å². The van der Waals surface area contributed by atoms with Crippen LogP contribution in [0.1, 0.15) is 11.1 Å². The van der Waals surface area contributed by atoms with Crippen LogP contribution in [-0.4, -0.2) is 17.3 Å². The lowest BCUT2D eigenvalue weighted by Crippen LogP contribution is -2.27. The highest BCUT2D eigenvalue weighted by molar-refractivity contribution is 8.27. The average Bonchev–Trinajstić information content (AvgIpc) is 3.07. The largest absolute Gasteiger partial charge is 0.497 e. The normalized spacial score (nSPS) is 15.6. The Balaban J connectivity index is 1.71. The molecule has 31 heavy (non-hydrogen) atoms. The molecule has 1 aliphatic heterocycles. The molecule has 1 heterocycles. The number of anilines is 1. The number of nitrogens with zero attached hydrogens (tertiary/aromatic N) is 1. The SMILES string of the molecule is COc1ccc(N2C(=O)/C(=C/C(=C\c3ccccc3)c3ccc(Cl)cc3)SC2=S)cc1. The van der Waals surface area contributed by atoms with Gasteiger partial charge in [-0.05, 0) is 65.3 Å². The first-order chi connectivity index (χ1) is 15.0. The van der Waals surface area contributed by atoms with E-state index in [9.17, 15) is 4.79 Å². The first-order valence-corrected chi connectivity index (χ1v) is 11.1. The van der Waals surface area contributed by atoms with E-state index < -0.39 is 0 Å². The number of thioether (sulfide) groups is 1. The zero-order valence-corrected chi connectivity index (χ0v) is 19.0. The lowest BCUT2D eigenvalue weighted by molar-refractivity contribution is -0.113. The summed E-state index contributed by atoms with van der Waals surface area (Å²) in [6.45, 7) is 0. The van der Waals surface area contributed by atoms with Crippen LogP contribution in [0.15, 0.2) is 89.8 Å². The monoisotopic (exact) mass is 463 g/mol. The number of benzene rings is 3. The zero-order chi connectivity index (χ0) is 21.8. The highest BCUT2D eigenvalue weighted by Gasteiger charge is 2.33. The van der Waals surface area contributed by atoms with Gasteiger partial charge in [-0.1, -0.05) is 78.0 Å². The Hall–Kier alpha value is -2.86. The fraction of sp³-hybridized carbons (Fsp3) is 0.0400. The van der Waals surface area contributed by atoms with Crippen molar-refractivity contribution in [2.75, 3.05) is 12.0 Å². The number of hydrogen-bond donors (Lipinski definition) is 0. The quantitative estimate of drug-likeness (QED) is 0.235. The Morgan fingerprint density at radius 2 is 1.68 bits per heavy atom. The fourth-order valence-electron chi connectivity index (χ4n) is 3.14. The van der Waals surface area contributed by atoms with Gasteiger partial charge >= 0.3 is 0 Å². The van der Waals surface area contributed by atoms with Crippen molar-refractivity contribution in [3.05, 3.63) is 106 Å². The van der Waals surface area contributed by atoms with E-state index in [1.54, 1.807) is 12.0 Å². The molecule has 0 unspecified atom stereocenters. The number of halogens is 1. The lowest BCUT2D eigenvalue weighted by atomic mass is 10.0. The maximum absolute atomic E-state index is 13.2. The van der Waals surface area contributed by atoms with E-state index >= 15 is 0 Å². The van der Waals surface area contributed by atoms with E-state index in [0.717, 1.165) is 22.4 Å². The van der Waals surface area contributed by atoms with Crippen LogP contribution in [0, 0.1) is 0 Å². The van der Waals surface area contributed by atoms with Crippen LogP contribution in [0.3, 0.4) is 0 Å². The van der Waals surface area contributed by atoms with Crippen molar-refractivity contribution in [2.24, 2.45) is 0 Å². The predicted octanol–water partition coefficient (Wildman–Crippen LogP) is 6.84. The van der Waals surface area contributed by atoms with E-state index in [0.29, 0.717) is 19.9 Å². The number of hydrogen-bond acceptors (Lipinski definition) is 4. The van der Waals surface area contributed by atoms with Crippen molar-refractivity contribution in [1.29, 1.82) is 0 Å². The standard InChI is InChI=1S/C25H18ClNO2S2/c1-29-22-13-11-21(12-14-22)27-24(28)23(31-25(27)30)16-19(15-17-5-3-2-4-6-17)18-7-9-20(26)10-8-18/h2-16H,1H3/b19-15+,23-16-. The number of carbonyl (C=O) groups is 1. The molecule has 0 atom stereocenters. The van der Waals surface area contributed by atoms with Gasteiger partial charge in [0.05, 0.1) is 17.7 Å². The molecule has 1 fully saturated rings. The highest BCUT2D eigenvalue weighted by atomic mass is 35.5. The minimum Gasteiger partial charge on any atom is -0.497 e. The summed E-state index contributed by atoms with van der Waals surface area (Å²) in [6.07, 6.45) is 3.93. The van der Waals surface area contributed by atoms with Crippen molar-refractivity contribution in [2.45, 2.75) is 0 Å². The van der Waals surface area contributed by atoms with Gasteiger partial charge in [0, 0.05) is 5.02 Å². The number of rotatable bonds is 5. The summed E-state index contributed by atoms with van der Waals surface area (Å²) in [5.74, 6) is 0.577. The molecule has 0 saturated carbocycles. The van der Waals surface area contributed by atoms with Crippen LogP contribution in [0.2, 0.25) is 5.02 Å². The molecule has 0 bridgehead atoms. The summed E-state index contributed by atoms with van der Waals surface area (Å²) in [6, 6.07) is 24.8. The van der Waals surface area contributed by atoms with E-state index in [1.807, 2.05) is 91.0 Å². The topological polar surface area (TPSA) is 29.5 Å². The Labute approximate surface area is 196 Å². The van der Waals surface area contributed by atoms with Crippen LogP contribution in [0.4, 0.5) is 5.69 Å². The number of ether oxygens (including phenoxy) is 1. The first kappa shape index (κ1) is 21.4. The molecule has 0 aliphatic carbocycles. The van der Waals surface area contributed by atoms with Crippen molar-refractivity contribution < 1.29 is 9.53 Å². The number of amides is 1. The third-order valence-corrected chi connectivity index (χ3v) is 6.26. The lowest BCUT2D eigenvalue weighted by Gasteiger charge is -2.14. The van der Waals surface area contributed by atoms with Crippen molar-refractivity contribution in [1.82, 2.24) is 0 Å². The van der Waals surface area contributed by atoms with Crippen LogP contribution >= 0.6 is 35.6 Å². The molecule has 1 aliphatic rings. The molecule has 1 amide bonds. The van der Waals surface area contributed by atoms with Crippen LogP contribution in [0.5, 0.6) is 5.75 Å². The molecule has 4 rings (SSSR count). The number of methoxy groups -OCH3 is 1. The molecule has 0 spiro atoms. The fourth-order valence-corrected chi connectivity index (χ4v) is 4.56. The maximum atomic E-state index is 13.2. The summed E-state index contributed by atoms with van der Waals surface area (Å²) in [7, 11) is 1.61. The maximum Gasteiger partial charge on any atom is 0.270 e. The van der Waals surface area contributed by atoms with Crippen LogP contribution in [0.25, 0.3) is 11.6 Å². The minimum atomic E-state index is -0.145. The molecule has 3 nitrogen and oxygen atoms in total. The second-order valence-corrected chi connectivity index (χ2v) is 8.84. The van der Waals surface area contributed by atoms with E-state index in [-0.39, 0.29) is 5.91 Å². The molecule has 3 aromatic rings. The Morgan fingerprint density at radius 3 is 2.32 bits per heavy atom. The number of allylic oxidation sites excluding steroid dienone is 2. The molecular formula is C25H18ClNO2S2. The number of thiocarbonyl (C=S) groups is 1. The zero-order valence-electron chi connectivity index (χ0n) is 16.6. The summed E-state index contributed by atoms with van der Waals surface area (Å²) >= 11 is 12.9. The molecule has 6 heteroatoms. The van der Waals surface area contributed by atoms with Crippen molar-refractivity contribution in [3.8, 4) is 5.75 Å². The predicted molar refractivity (Wildman–Crippen MR) is 135 cm³/mol. The second kappa shape index (κ2) is 9.52. The highest BCUT2D eigenvalue weighted by Crippen LogP contribution is 2.37. The summed E-state index contributed by atoms with van der Waals surface area (Å²) in [5.41, 5.74) is 3.61. The third kappa shape index (κ3) is 4.90. The van der Waals surface area contributed by atoms with Gasteiger partial charge < -0.3 is 4.74 Å². The van der Waals surface area contributed by atoms with E-state index in [2.05, 4.69) is 0 Å². The molecule has 154 valence electrons. The molecular weight excluding hydrogens is 446 g/mol. The van der Waals surface area contributed by atoms with Crippen LogP contribution < -0.4 is 9.64 Å². The molecule has 0 radical (unpaired) electrons. The van der Waals surface area contributed by atoms with Gasteiger partial charge in [0.15, 0.2) is 4.32 Å². The summed E-state index contributed by atoms with van der Waals surface area (Å²) < 4.78 is 5.70. The Kier molecular flexibility index (Phi) is 6.56. The Bertz CT molecular complexity index is 1170. The van der Waals surface area contributed by atoms with Gasteiger partial charge in [-0.25, -0.2) is 0 Å². The first-order valence-electron chi connectivity index (χ1n) is 9.50. The second-order valence-electron chi connectivity index (χ2n) is 6.73. The smallest absolute Gasteiger partial charge is 0.270 e.